The molecule has 1 aromatic carbocycles. The second-order valence-corrected chi connectivity index (χ2v) is 9.37. The van der Waals surface area contributed by atoms with Crippen LogP contribution in [0.4, 0.5) is 0 Å². The van der Waals surface area contributed by atoms with E-state index in [9.17, 15) is 16.8 Å². The average molecular weight is 372 g/mol. The van der Waals surface area contributed by atoms with Crippen LogP contribution >= 0.6 is 0 Å². The molecule has 1 aliphatic rings. The van der Waals surface area contributed by atoms with E-state index in [1.54, 1.807) is 12.1 Å². The molecule has 0 aliphatic carbocycles. The summed E-state index contributed by atoms with van der Waals surface area (Å²) in [6.07, 6.45) is 1.71. The van der Waals surface area contributed by atoms with E-state index in [1.165, 1.54) is 25.4 Å². The number of sulfone groups is 1. The molecule has 1 atom stereocenters. The molecule has 1 N–H and O–H groups in total. The fourth-order valence-electron chi connectivity index (χ4n) is 2.58. The Labute approximate surface area is 139 Å². The third kappa shape index (κ3) is 3.45. The van der Waals surface area contributed by atoms with Crippen LogP contribution in [0.25, 0.3) is 11.3 Å². The van der Waals surface area contributed by atoms with E-state index in [0.717, 1.165) is 0 Å². The zero-order valence-corrected chi connectivity index (χ0v) is 14.4. The van der Waals surface area contributed by atoms with Crippen LogP contribution in [-0.2, 0) is 19.9 Å². The van der Waals surface area contributed by atoms with Crippen LogP contribution in [0.5, 0.6) is 5.75 Å². The molecule has 8 nitrogen and oxygen atoms in total. The highest BCUT2D eigenvalue weighted by Gasteiger charge is 2.32. The van der Waals surface area contributed by atoms with Crippen LogP contribution in [0, 0.1) is 0 Å². The lowest BCUT2D eigenvalue weighted by molar-refractivity contribution is 0.401. The highest BCUT2D eigenvalue weighted by molar-refractivity contribution is 7.92. The quantitative estimate of drug-likeness (QED) is 0.826. The second kappa shape index (κ2) is 6.19. The Balaban J connectivity index is 1.95. The lowest BCUT2D eigenvalue weighted by Crippen LogP contribution is -2.35. The van der Waals surface area contributed by atoms with Gasteiger partial charge in [-0.2, -0.15) is 0 Å². The first-order valence-corrected chi connectivity index (χ1v) is 10.4. The molecule has 24 heavy (non-hydrogen) atoms. The molecule has 2 aromatic rings. The molecule has 1 aromatic heterocycles. The van der Waals surface area contributed by atoms with Crippen molar-refractivity contribution >= 4 is 19.9 Å². The predicted octanol–water partition coefficient (Wildman–Crippen LogP) is 0.816. The van der Waals surface area contributed by atoms with E-state index in [1.807, 2.05) is 0 Å². The van der Waals surface area contributed by atoms with Crippen molar-refractivity contribution in [3.63, 3.8) is 0 Å². The van der Waals surface area contributed by atoms with Gasteiger partial charge in [-0.3, -0.25) is 0 Å². The molecule has 0 bridgehead atoms. The normalized spacial score (nSPS) is 20.1. The molecule has 0 saturated carbocycles. The van der Waals surface area contributed by atoms with Gasteiger partial charge in [0.25, 0.3) is 0 Å². The molecule has 2 heterocycles. The molecule has 1 unspecified atom stereocenters. The maximum absolute atomic E-state index is 12.7. The van der Waals surface area contributed by atoms with Crippen molar-refractivity contribution in [3.8, 4) is 17.1 Å². The Morgan fingerprint density at radius 3 is 2.71 bits per heavy atom. The number of hydrogen-bond donors (Lipinski definition) is 1. The lowest BCUT2D eigenvalue weighted by atomic mass is 10.2. The summed E-state index contributed by atoms with van der Waals surface area (Å²) in [7, 11) is -5.78. The van der Waals surface area contributed by atoms with E-state index >= 15 is 0 Å². The third-order valence-electron chi connectivity index (χ3n) is 3.73. The highest BCUT2D eigenvalue weighted by Crippen LogP contribution is 2.30. The summed E-state index contributed by atoms with van der Waals surface area (Å²) in [4.78, 5) is -0.0804. The monoisotopic (exact) mass is 372 g/mol. The topological polar surface area (TPSA) is 116 Å². The van der Waals surface area contributed by atoms with Gasteiger partial charge in [-0.15, -0.1) is 0 Å². The van der Waals surface area contributed by atoms with Crippen molar-refractivity contribution in [2.45, 2.75) is 17.4 Å². The zero-order chi connectivity index (χ0) is 17.4. The first-order valence-electron chi connectivity index (χ1n) is 7.12. The Hall–Kier alpha value is -1.91. The first kappa shape index (κ1) is 16.9. The summed E-state index contributed by atoms with van der Waals surface area (Å²) < 4.78 is 61.0. The van der Waals surface area contributed by atoms with Crippen LogP contribution in [0.3, 0.4) is 0 Å². The number of sulfonamides is 1. The van der Waals surface area contributed by atoms with Crippen LogP contribution in [0.2, 0.25) is 0 Å². The number of methoxy groups -OCH3 is 1. The lowest BCUT2D eigenvalue weighted by Gasteiger charge is -2.14. The Morgan fingerprint density at radius 1 is 1.33 bits per heavy atom. The number of ether oxygens (including phenoxy) is 1. The second-order valence-electron chi connectivity index (χ2n) is 5.46. The minimum absolute atomic E-state index is 0.0184. The van der Waals surface area contributed by atoms with Gasteiger partial charge in [0.05, 0.1) is 24.8 Å². The van der Waals surface area contributed by atoms with Crippen molar-refractivity contribution in [2.75, 3.05) is 18.6 Å². The molecular formula is C14H16N2O6S2. The average Bonchev–Trinajstić information content (AvgIpc) is 3.16. The van der Waals surface area contributed by atoms with E-state index in [-0.39, 0.29) is 28.6 Å². The molecule has 1 saturated heterocycles. The van der Waals surface area contributed by atoms with Gasteiger partial charge in [-0.1, -0.05) is 5.16 Å². The van der Waals surface area contributed by atoms with Gasteiger partial charge in [-0.25, -0.2) is 21.6 Å². The van der Waals surface area contributed by atoms with E-state index in [0.29, 0.717) is 11.3 Å². The van der Waals surface area contributed by atoms with Crippen molar-refractivity contribution in [1.29, 1.82) is 0 Å². The van der Waals surface area contributed by atoms with Gasteiger partial charge >= 0.3 is 0 Å². The first-order chi connectivity index (χ1) is 11.3. The largest absolute Gasteiger partial charge is 0.495 e. The van der Waals surface area contributed by atoms with Gasteiger partial charge in [0.1, 0.15) is 10.6 Å². The van der Waals surface area contributed by atoms with Gasteiger partial charge in [0.15, 0.2) is 15.6 Å². The van der Waals surface area contributed by atoms with Gasteiger partial charge in [-0.05, 0) is 24.6 Å². The van der Waals surface area contributed by atoms with Gasteiger partial charge < -0.3 is 9.26 Å². The molecule has 130 valence electrons. The summed E-state index contributed by atoms with van der Waals surface area (Å²) >= 11 is 0. The van der Waals surface area contributed by atoms with E-state index in [4.69, 9.17) is 9.26 Å². The fraction of sp³-hybridized carbons (Fsp3) is 0.357. The van der Waals surface area contributed by atoms with Crippen LogP contribution < -0.4 is 9.46 Å². The summed E-state index contributed by atoms with van der Waals surface area (Å²) in [6.45, 7) is 0. The Morgan fingerprint density at radius 2 is 2.12 bits per heavy atom. The van der Waals surface area contributed by atoms with Crippen molar-refractivity contribution in [3.05, 3.63) is 30.5 Å². The maximum Gasteiger partial charge on any atom is 0.244 e. The maximum atomic E-state index is 12.7. The molecule has 3 rings (SSSR count). The summed E-state index contributed by atoms with van der Waals surface area (Å²) in [5.41, 5.74) is 0.521. The Bertz CT molecular complexity index is 936. The van der Waals surface area contributed by atoms with Crippen molar-refractivity contribution in [2.24, 2.45) is 0 Å². The number of benzene rings is 1. The number of nitrogens with one attached hydrogen (secondary N) is 1. The third-order valence-corrected chi connectivity index (χ3v) is 7.04. The summed E-state index contributed by atoms with van der Waals surface area (Å²) in [6, 6.07) is 5.54. The van der Waals surface area contributed by atoms with Crippen molar-refractivity contribution in [1.82, 2.24) is 9.88 Å². The molecule has 1 fully saturated rings. The smallest absolute Gasteiger partial charge is 0.244 e. The number of hydrogen-bond acceptors (Lipinski definition) is 7. The van der Waals surface area contributed by atoms with Crippen molar-refractivity contribution < 1.29 is 26.1 Å². The standard InChI is InChI=1S/C14H16N2O6S2/c1-21-13-3-2-10(12-4-6-15-22-12)8-14(13)24(19,20)16-11-5-7-23(17,18)9-11/h2-4,6,8,11,16H,5,7,9H2,1H3. The van der Waals surface area contributed by atoms with E-state index < -0.39 is 25.9 Å². The summed E-state index contributed by atoms with van der Waals surface area (Å²) in [5, 5.41) is 3.59. The number of nitrogens with zero attached hydrogens (tertiary/aromatic N) is 1. The SMILES string of the molecule is COc1ccc(-c2ccno2)cc1S(=O)(=O)NC1CCS(=O)(=O)C1. The minimum atomic E-state index is -3.95. The van der Waals surface area contributed by atoms with Gasteiger partial charge in [0, 0.05) is 17.7 Å². The molecule has 0 spiro atoms. The molecule has 0 amide bonds. The molecule has 1 aliphatic heterocycles. The molecule has 0 radical (unpaired) electrons. The highest BCUT2D eigenvalue weighted by atomic mass is 32.2. The van der Waals surface area contributed by atoms with Gasteiger partial charge in [0.2, 0.25) is 10.0 Å². The van der Waals surface area contributed by atoms with Crippen LogP contribution in [0.15, 0.2) is 39.9 Å². The number of rotatable bonds is 5. The molecule has 10 heteroatoms. The van der Waals surface area contributed by atoms with Crippen LogP contribution in [0.1, 0.15) is 6.42 Å². The summed E-state index contributed by atoms with van der Waals surface area (Å²) in [5.74, 6) is 0.357. The van der Waals surface area contributed by atoms with Crippen LogP contribution in [-0.4, -0.2) is 46.6 Å². The molecular weight excluding hydrogens is 356 g/mol. The number of aromatic nitrogens is 1. The van der Waals surface area contributed by atoms with E-state index in [2.05, 4.69) is 9.88 Å². The predicted molar refractivity (Wildman–Crippen MR) is 85.9 cm³/mol. The Kier molecular flexibility index (Phi) is 4.37. The minimum Gasteiger partial charge on any atom is -0.495 e. The fourth-order valence-corrected chi connectivity index (χ4v) is 5.82. The zero-order valence-electron chi connectivity index (χ0n) is 12.8.